The molecule has 0 radical (unpaired) electrons. The number of rotatable bonds is 3. The van der Waals surface area contributed by atoms with Crippen molar-refractivity contribution >= 4 is 11.6 Å². The van der Waals surface area contributed by atoms with Crippen LogP contribution >= 0.6 is 0 Å². The van der Waals surface area contributed by atoms with Crippen LogP contribution in [0.15, 0.2) is 18.2 Å². The van der Waals surface area contributed by atoms with Crippen molar-refractivity contribution in [3.05, 3.63) is 23.8 Å². The van der Waals surface area contributed by atoms with Crippen molar-refractivity contribution in [1.82, 2.24) is 0 Å². The SMILES string of the molecule is Cc1cc(NC(=O)C(C)(C)C)ccc1OC(C)C. The minimum absolute atomic E-state index is 0.0134. The summed E-state index contributed by atoms with van der Waals surface area (Å²) in [5.41, 5.74) is 1.44. The van der Waals surface area contributed by atoms with Gasteiger partial charge in [-0.05, 0) is 44.5 Å². The fourth-order valence-electron chi connectivity index (χ4n) is 1.43. The zero-order chi connectivity index (χ0) is 13.9. The molecule has 0 aliphatic carbocycles. The van der Waals surface area contributed by atoms with Crippen LogP contribution in [0.5, 0.6) is 5.75 Å². The van der Waals surface area contributed by atoms with Crippen LogP contribution in [0.4, 0.5) is 5.69 Å². The molecule has 0 spiro atoms. The zero-order valence-corrected chi connectivity index (χ0v) is 12.1. The molecule has 0 aliphatic rings. The molecular formula is C15H23NO2. The number of nitrogens with one attached hydrogen (secondary N) is 1. The van der Waals surface area contributed by atoms with E-state index in [-0.39, 0.29) is 17.4 Å². The van der Waals surface area contributed by atoms with Crippen molar-refractivity contribution in [3.8, 4) is 5.75 Å². The maximum atomic E-state index is 11.9. The van der Waals surface area contributed by atoms with E-state index in [1.54, 1.807) is 0 Å². The molecule has 0 bridgehead atoms. The van der Waals surface area contributed by atoms with Gasteiger partial charge in [0.05, 0.1) is 6.10 Å². The van der Waals surface area contributed by atoms with Crippen LogP contribution in [0.1, 0.15) is 40.2 Å². The zero-order valence-electron chi connectivity index (χ0n) is 12.1. The number of aryl methyl sites for hydroxylation is 1. The topological polar surface area (TPSA) is 38.3 Å². The minimum atomic E-state index is -0.388. The molecule has 1 N–H and O–H groups in total. The largest absolute Gasteiger partial charge is 0.491 e. The predicted octanol–water partition coefficient (Wildman–Crippen LogP) is 3.77. The Morgan fingerprint density at radius 3 is 2.33 bits per heavy atom. The summed E-state index contributed by atoms with van der Waals surface area (Å²) in [7, 11) is 0. The highest BCUT2D eigenvalue weighted by atomic mass is 16.5. The minimum Gasteiger partial charge on any atom is -0.491 e. The van der Waals surface area contributed by atoms with Crippen molar-refractivity contribution in [3.63, 3.8) is 0 Å². The van der Waals surface area contributed by atoms with E-state index in [1.165, 1.54) is 0 Å². The molecule has 0 unspecified atom stereocenters. The van der Waals surface area contributed by atoms with E-state index < -0.39 is 0 Å². The summed E-state index contributed by atoms with van der Waals surface area (Å²) < 4.78 is 5.66. The molecule has 1 aromatic rings. The first-order chi connectivity index (χ1) is 8.20. The molecule has 18 heavy (non-hydrogen) atoms. The van der Waals surface area contributed by atoms with Gasteiger partial charge in [0.2, 0.25) is 5.91 Å². The van der Waals surface area contributed by atoms with Gasteiger partial charge in [-0.15, -0.1) is 0 Å². The summed E-state index contributed by atoms with van der Waals surface area (Å²) in [4.78, 5) is 11.9. The van der Waals surface area contributed by atoms with Gasteiger partial charge in [-0.25, -0.2) is 0 Å². The van der Waals surface area contributed by atoms with Crippen LogP contribution in [0.25, 0.3) is 0 Å². The van der Waals surface area contributed by atoms with E-state index in [9.17, 15) is 4.79 Å². The summed E-state index contributed by atoms with van der Waals surface area (Å²) >= 11 is 0. The first-order valence-corrected chi connectivity index (χ1v) is 6.29. The standard InChI is InChI=1S/C15H23NO2/c1-10(2)18-13-8-7-12(9-11(13)3)16-14(17)15(4,5)6/h7-10H,1-6H3,(H,16,17). The van der Waals surface area contributed by atoms with E-state index >= 15 is 0 Å². The normalized spacial score (nSPS) is 11.5. The predicted molar refractivity (Wildman–Crippen MR) is 75.0 cm³/mol. The summed E-state index contributed by atoms with van der Waals surface area (Å²) in [6.45, 7) is 11.6. The molecular weight excluding hydrogens is 226 g/mol. The Kier molecular flexibility index (Phi) is 4.38. The Balaban J connectivity index is 2.82. The Morgan fingerprint density at radius 2 is 1.89 bits per heavy atom. The molecule has 1 rings (SSSR count). The second-order valence-corrected chi connectivity index (χ2v) is 5.85. The van der Waals surface area contributed by atoms with Crippen molar-refractivity contribution in [2.45, 2.75) is 47.6 Å². The number of hydrogen-bond donors (Lipinski definition) is 1. The van der Waals surface area contributed by atoms with Crippen LogP contribution in [0.2, 0.25) is 0 Å². The molecule has 1 amide bonds. The van der Waals surface area contributed by atoms with Gasteiger partial charge in [-0.1, -0.05) is 20.8 Å². The lowest BCUT2D eigenvalue weighted by atomic mass is 9.95. The van der Waals surface area contributed by atoms with Crippen LogP contribution in [0, 0.1) is 12.3 Å². The Labute approximate surface area is 110 Å². The van der Waals surface area contributed by atoms with Gasteiger partial charge < -0.3 is 10.1 Å². The fourth-order valence-corrected chi connectivity index (χ4v) is 1.43. The van der Waals surface area contributed by atoms with Crippen LogP contribution in [0.3, 0.4) is 0 Å². The van der Waals surface area contributed by atoms with Crippen LogP contribution in [-0.2, 0) is 4.79 Å². The number of amides is 1. The molecule has 0 saturated carbocycles. The third-order valence-electron chi connectivity index (χ3n) is 2.48. The third-order valence-corrected chi connectivity index (χ3v) is 2.48. The fraction of sp³-hybridized carbons (Fsp3) is 0.533. The average Bonchev–Trinajstić information content (AvgIpc) is 2.20. The van der Waals surface area contributed by atoms with Gasteiger partial charge in [-0.2, -0.15) is 0 Å². The Bertz CT molecular complexity index is 431. The lowest BCUT2D eigenvalue weighted by Gasteiger charge is -2.19. The van der Waals surface area contributed by atoms with E-state index in [4.69, 9.17) is 4.74 Å². The van der Waals surface area contributed by atoms with Gasteiger partial charge in [0.25, 0.3) is 0 Å². The summed E-state index contributed by atoms with van der Waals surface area (Å²) in [6.07, 6.45) is 0.152. The molecule has 100 valence electrons. The summed E-state index contributed by atoms with van der Waals surface area (Å²) in [6, 6.07) is 5.70. The van der Waals surface area contributed by atoms with E-state index in [0.717, 1.165) is 17.0 Å². The molecule has 0 atom stereocenters. The highest BCUT2D eigenvalue weighted by Crippen LogP contribution is 2.24. The van der Waals surface area contributed by atoms with Gasteiger partial charge in [-0.3, -0.25) is 4.79 Å². The van der Waals surface area contributed by atoms with Crippen molar-refractivity contribution in [2.75, 3.05) is 5.32 Å². The number of carbonyl (C=O) groups is 1. The highest BCUT2D eigenvalue weighted by Gasteiger charge is 2.21. The van der Waals surface area contributed by atoms with E-state index in [1.807, 2.05) is 59.7 Å². The number of carbonyl (C=O) groups excluding carboxylic acids is 1. The Morgan fingerprint density at radius 1 is 1.28 bits per heavy atom. The Hall–Kier alpha value is -1.51. The molecule has 0 aliphatic heterocycles. The van der Waals surface area contributed by atoms with Crippen LogP contribution < -0.4 is 10.1 Å². The van der Waals surface area contributed by atoms with Crippen molar-refractivity contribution < 1.29 is 9.53 Å². The maximum Gasteiger partial charge on any atom is 0.229 e. The molecule has 0 fully saturated rings. The number of benzene rings is 1. The third kappa shape index (κ3) is 4.06. The molecule has 3 nitrogen and oxygen atoms in total. The number of hydrogen-bond acceptors (Lipinski definition) is 2. The molecule has 0 heterocycles. The van der Waals surface area contributed by atoms with Crippen molar-refractivity contribution in [1.29, 1.82) is 0 Å². The second kappa shape index (κ2) is 5.42. The summed E-state index contributed by atoms with van der Waals surface area (Å²) in [5, 5.41) is 2.91. The second-order valence-electron chi connectivity index (χ2n) is 5.85. The van der Waals surface area contributed by atoms with Gasteiger partial charge in [0.1, 0.15) is 5.75 Å². The van der Waals surface area contributed by atoms with Crippen molar-refractivity contribution in [2.24, 2.45) is 5.41 Å². The summed E-state index contributed by atoms with van der Waals surface area (Å²) in [5.74, 6) is 0.873. The first kappa shape index (κ1) is 14.6. The van der Waals surface area contributed by atoms with Gasteiger partial charge >= 0.3 is 0 Å². The van der Waals surface area contributed by atoms with E-state index in [2.05, 4.69) is 5.32 Å². The van der Waals surface area contributed by atoms with Gasteiger partial charge in [0.15, 0.2) is 0 Å². The lowest BCUT2D eigenvalue weighted by Crippen LogP contribution is -2.27. The molecule has 0 aromatic heterocycles. The van der Waals surface area contributed by atoms with Crippen LogP contribution in [-0.4, -0.2) is 12.0 Å². The average molecular weight is 249 g/mol. The number of anilines is 1. The van der Waals surface area contributed by atoms with E-state index in [0.29, 0.717) is 0 Å². The lowest BCUT2D eigenvalue weighted by molar-refractivity contribution is -0.123. The molecule has 3 heteroatoms. The smallest absolute Gasteiger partial charge is 0.229 e. The molecule has 1 aromatic carbocycles. The molecule has 0 saturated heterocycles. The number of ether oxygens (including phenoxy) is 1. The maximum absolute atomic E-state index is 11.9. The quantitative estimate of drug-likeness (QED) is 0.885. The van der Waals surface area contributed by atoms with Gasteiger partial charge in [0, 0.05) is 11.1 Å². The first-order valence-electron chi connectivity index (χ1n) is 6.29. The highest BCUT2D eigenvalue weighted by molar-refractivity contribution is 5.94. The monoisotopic (exact) mass is 249 g/mol.